The quantitative estimate of drug-likeness (QED) is 0.323. The Morgan fingerprint density at radius 1 is 1.28 bits per heavy atom. The van der Waals surface area contributed by atoms with E-state index in [4.69, 9.17) is 0 Å². The maximum absolute atomic E-state index is 13.9. The van der Waals surface area contributed by atoms with Crippen molar-refractivity contribution in [1.82, 2.24) is 15.6 Å². The van der Waals surface area contributed by atoms with E-state index >= 15 is 0 Å². The molecule has 1 aliphatic rings. The van der Waals surface area contributed by atoms with Gasteiger partial charge in [-0.05, 0) is 42.8 Å². The van der Waals surface area contributed by atoms with Crippen molar-refractivity contribution >= 4 is 47.3 Å². The molecule has 3 rings (SSSR count). The predicted octanol–water partition coefficient (Wildman–Crippen LogP) is 2.36. The van der Waals surface area contributed by atoms with Crippen LogP contribution in [0.4, 0.5) is 20.3 Å². The summed E-state index contributed by atoms with van der Waals surface area (Å²) < 4.78 is 26.8. The van der Waals surface area contributed by atoms with Crippen LogP contribution in [0, 0.1) is 11.6 Å². The number of guanidine groups is 1. The van der Waals surface area contributed by atoms with Crippen LogP contribution < -0.4 is 20.9 Å². The SMILES string of the molecule is CN=C(NCC(=O)Nc1ccc(F)cc1)NC1CCN(c2ncccc2F)C1.I. The van der Waals surface area contributed by atoms with E-state index < -0.39 is 0 Å². The highest BCUT2D eigenvalue weighted by atomic mass is 127. The highest BCUT2D eigenvalue weighted by Crippen LogP contribution is 2.20. The van der Waals surface area contributed by atoms with Gasteiger partial charge in [-0.3, -0.25) is 9.79 Å². The molecule has 1 aromatic heterocycles. The summed E-state index contributed by atoms with van der Waals surface area (Å²) in [6.07, 6.45) is 2.36. The fourth-order valence-corrected chi connectivity index (χ4v) is 2.97. The second kappa shape index (κ2) is 10.9. The van der Waals surface area contributed by atoms with Gasteiger partial charge in [-0.25, -0.2) is 13.8 Å². The summed E-state index contributed by atoms with van der Waals surface area (Å²) in [6.45, 7) is 1.26. The van der Waals surface area contributed by atoms with Crippen molar-refractivity contribution < 1.29 is 13.6 Å². The molecule has 156 valence electrons. The van der Waals surface area contributed by atoms with Crippen LogP contribution in [0.2, 0.25) is 0 Å². The number of pyridine rings is 1. The number of nitrogens with zero attached hydrogens (tertiary/aromatic N) is 3. The first-order chi connectivity index (χ1) is 13.5. The van der Waals surface area contributed by atoms with E-state index in [0.29, 0.717) is 30.6 Å². The van der Waals surface area contributed by atoms with Crippen LogP contribution in [0.25, 0.3) is 0 Å². The molecule has 7 nitrogen and oxygen atoms in total. The highest BCUT2D eigenvalue weighted by molar-refractivity contribution is 14.0. The minimum Gasteiger partial charge on any atom is -0.352 e. The average molecular weight is 516 g/mol. The van der Waals surface area contributed by atoms with Gasteiger partial charge in [-0.15, -0.1) is 24.0 Å². The van der Waals surface area contributed by atoms with Crippen LogP contribution in [0.1, 0.15) is 6.42 Å². The maximum atomic E-state index is 13.9. The van der Waals surface area contributed by atoms with Gasteiger partial charge >= 0.3 is 0 Å². The molecule has 2 heterocycles. The highest BCUT2D eigenvalue weighted by Gasteiger charge is 2.26. The van der Waals surface area contributed by atoms with Crippen molar-refractivity contribution in [3.05, 3.63) is 54.2 Å². The molecule has 1 fully saturated rings. The molecule has 1 saturated heterocycles. The van der Waals surface area contributed by atoms with Crippen LogP contribution in [0.15, 0.2) is 47.6 Å². The fraction of sp³-hybridized carbons (Fsp3) is 0.316. The van der Waals surface area contributed by atoms with Gasteiger partial charge in [0.05, 0.1) is 6.54 Å². The molecular weight excluding hydrogens is 493 g/mol. The monoisotopic (exact) mass is 516 g/mol. The molecule has 29 heavy (non-hydrogen) atoms. The summed E-state index contributed by atoms with van der Waals surface area (Å²) in [4.78, 5) is 22.1. The Kier molecular flexibility index (Phi) is 8.55. The number of carbonyl (C=O) groups excluding carboxylic acids is 1. The van der Waals surface area contributed by atoms with Gasteiger partial charge in [0.1, 0.15) is 5.82 Å². The summed E-state index contributed by atoms with van der Waals surface area (Å²) in [5.41, 5.74) is 0.514. The van der Waals surface area contributed by atoms with Crippen molar-refractivity contribution in [2.45, 2.75) is 12.5 Å². The van der Waals surface area contributed by atoms with E-state index in [9.17, 15) is 13.6 Å². The number of hydrogen-bond acceptors (Lipinski definition) is 4. The molecule has 1 aliphatic heterocycles. The molecule has 0 spiro atoms. The Balaban J connectivity index is 0.00000300. The minimum absolute atomic E-state index is 0. The zero-order valence-electron chi connectivity index (χ0n) is 15.9. The van der Waals surface area contributed by atoms with Crippen LogP contribution in [-0.2, 0) is 4.79 Å². The van der Waals surface area contributed by atoms with Gasteiger partial charge < -0.3 is 20.9 Å². The molecule has 0 aliphatic carbocycles. The van der Waals surface area contributed by atoms with Gasteiger partial charge in [0.2, 0.25) is 5.91 Å². The zero-order valence-corrected chi connectivity index (χ0v) is 18.2. The van der Waals surface area contributed by atoms with E-state index in [1.54, 1.807) is 19.3 Å². The molecular formula is C19H23F2IN6O. The molecule has 0 bridgehead atoms. The van der Waals surface area contributed by atoms with E-state index in [1.807, 2.05) is 4.90 Å². The smallest absolute Gasteiger partial charge is 0.243 e. The maximum Gasteiger partial charge on any atom is 0.243 e. The number of rotatable bonds is 5. The van der Waals surface area contributed by atoms with E-state index in [0.717, 1.165) is 6.42 Å². The van der Waals surface area contributed by atoms with E-state index in [2.05, 4.69) is 25.9 Å². The van der Waals surface area contributed by atoms with Crippen molar-refractivity contribution in [3.63, 3.8) is 0 Å². The summed E-state index contributed by atoms with van der Waals surface area (Å²) in [5.74, 6) is -0.172. The lowest BCUT2D eigenvalue weighted by Gasteiger charge is -2.19. The number of hydrogen-bond donors (Lipinski definition) is 3. The van der Waals surface area contributed by atoms with Gasteiger partial charge in [0, 0.05) is 38.1 Å². The first-order valence-electron chi connectivity index (χ1n) is 8.93. The van der Waals surface area contributed by atoms with Crippen molar-refractivity contribution in [2.24, 2.45) is 4.99 Å². The number of halogens is 3. The summed E-state index contributed by atoms with van der Waals surface area (Å²) >= 11 is 0. The lowest BCUT2D eigenvalue weighted by atomic mass is 10.3. The zero-order chi connectivity index (χ0) is 19.9. The molecule has 3 N–H and O–H groups in total. The Morgan fingerprint density at radius 2 is 2.03 bits per heavy atom. The largest absolute Gasteiger partial charge is 0.352 e. The van der Waals surface area contributed by atoms with Gasteiger partial charge in [0.25, 0.3) is 0 Å². The fourth-order valence-electron chi connectivity index (χ4n) is 2.97. The van der Waals surface area contributed by atoms with Gasteiger partial charge in [-0.2, -0.15) is 0 Å². The molecule has 2 aromatic rings. The molecule has 10 heteroatoms. The third kappa shape index (κ3) is 6.51. The summed E-state index contributed by atoms with van der Waals surface area (Å²) in [7, 11) is 1.61. The number of aliphatic imine (C=N–C) groups is 1. The predicted molar refractivity (Wildman–Crippen MR) is 120 cm³/mol. The van der Waals surface area contributed by atoms with E-state index in [-0.39, 0.29) is 54.1 Å². The van der Waals surface area contributed by atoms with Crippen LogP contribution in [0.5, 0.6) is 0 Å². The third-order valence-corrected chi connectivity index (χ3v) is 4.34. The Labute approximate surface area is 185 Å². The number of benzene rings is 1. The van der Waals surface area contributed by atoms with Crippen LogP contribution in [0.3, 0.4) is 0 Å². The number of amides is 1. The second-order valence-corrected chi connectivity index (χ2v) is 6.37. The number of nitrogens with one attached hydrogen (secondary N) is 3. The van der Waals surface area contributed by atoms with Gasteiger partial charge in [-0.1, -0.05) is 0 Å². The normalized spacial score (nSPS) is 16.2. The third-order valence-electron chi connectivity index (χ3n) is 4.34. The minimum atomic E-state index is -0.364. The van der Waals surface area contributed by atoms with Crippen molar-refractivity contribution in [2.75, 3.05) is 36.9 Å². The molecule has 1 aromatic carbocycles. The number of carbonyl (C=O) groups is 1. The van der Waals surface area contributed by atoms with Gasteiger partial charge in [0.15, 0.2) is 17.6 Å². The topological polar surface area (TPSA) is 81.6 Å². The number of anilines is 2. The Bertz CT molecular complexity index is 849. The van der Waals surface area contributed by atoms with Crippen molar-refractivity contribution in [3.8, 4) is 0 Å². The summed E-state index contributed by atoms with van der Waals surface area (Å²) in [5, 5.41) is 8.84. The first-order valence-corrected chi connectivity index (χ1v) is 8.93. The average Bonchev–Trinajstić information content (AvgIpc) is 3.15. The lowest BCUT2D eigenvalue weighted by Crippen LogP contribution is -2.46. The molecule has 1 amide bonds. The Hall–Kier alpha value is -2.50. The Morgan fingerprint density at radius 3 is 2.72 bits per heavy atom. The van der Waals surface area contributed by atoms with Crippen LogP contribution in [-0.4, -0.2) is 49.6 Å². The molecule has 1 atom stereocenters. The summed E-state index contributed by atoms with van der Waals surface area (Å²) in [6, 6.07) is 8.54. The first kappa shape index (κ1) is 22.8. The van der Waals surface area contributed by atoms with Crippen LogP contribution >= 0.6 is 24.0 Å². The number of aromatic nitrogens is 1. The molecule has 0 saturated carbocycles. The lowest BCUT2D eigenvalue weighted by molar-refractivity contribution is -0.115. The standard InChI is InChI=1S/C19H22F2N6O.HI/c1-22-19(24-11-17(28)25-14-6-4-13(20)5-7-14)26-15-8-10-27(12-15)18-16(21)3-2-9-23-18;/h2-7,9,15H,8,10-12H2,1H3,(H,25,28)(H2,22,24,26);1H. The molecule has 1 unspecified atom stereocenters. The molecule has 0 radical (unpaired) electrons. The van der Waals surface area contributed by atoms with E-state index in [1.165, 1.54) is 30.3 Å². The second-order valence-electron chi connectivity index (χ2n) is 6.37. The van der Waals surface area contributed by atoms with Crippen molar-refractivity contribution in [1.29, 1.82) is 0 Å².